The molecule has 4 atom stereocenters. The van der Waals surface area contributed by atoms with Gasteiger partial charge in [-0.2, -0.15) is 0 Å². The molecule has 0 aliphatic carbocycles. The summed E-state index contributed by atoms with van der Waals surface area (Å²) in [4.78, 5) is 29.9. The molecular formula is C45H42N6O5S3. The lowest BCUT2D eigenvalue weighted by molar-refractivity contribution is -0.158. The minimum atomic E-state index is -4.09. The number of benzene rings is 5. The highest BCUT2D eigenvalue weighted by Gasteiger charge is 2.77. The van der Waals surface area contributed by atoms with Crippen LogP contribution in [0.25, 0.3) is 11.3 Å². The van der Waals surface area contributed by atoms with Crippen molar-refractivity contribution in [2.24, 2.45) is 0 Å². The van der Waals surface area contributed by atoms with Gasteiger partial charge < -0.3 is 9.64 Å². The highest BCUT2D eigenvalue weighted by Crippen LogP contribution is 2.69. The average molecular weight is 843 g/mol. The largest absolute Gasteiger partial charge is 0.494 e. The number of sulfonamides is 1. The van der Waals surface area contributed by atoms with Crippen LogP contribution in [0.4, 0.5) is 5.69 Å². The number of rotatable bonds is 9. The van der Waals surface area contributed by atoms with Crippen molar-refractivity contribution in [3.63, 3.8) is 0 Å². The van der Waals surface area contributed by atoms with Crippen LogP contribution >= 0.6 is 21.6 Å². The maximum absolute atomic E-state index is 14.4. The fourth-order valence-electron chi connectivity index (χ4n) is 8.59. The van der Waals surface area contributed by atoms with E-state index in [4.69, 9.17) is 4.74 Å². The van der Waals surface area contributed by atoms with E-state index in [0.717, 1.165) is 46.7 Å². The van der Waals surface area contributed by atoms with E-state index in [9.17, 15) is 18.0 Å². The summed E-state index contributed by atoms with van der Waals surface area (Å²) in [7, 11) is 0.351. The summed E-state index contributed by atoms with van der Waals surface area (Å²) in [5.41, 5.74) is 5.63. The second kappa shape index (κ2) is 15.2. The Morgan fingerprint density at radius 2 is 1.46 bits per heavy atom. The number of nitrogens with zero attached hydrogens (tertiary/aromatic N) is 6. The van der Waals surface area contributed by atoms with E-state index in [2.05, 4.69) is 41.5 Å². The number of hydrogen-bond acceptors (Lipinski definition) is 9. The molecule has 0 radical (unpaired) electrons. The van der Waals surface area contributed by atoms with Crippen LogP contribution in [0.15, 0.2) is 145 Å². The first-order valence-electron chi connectivity index (χ1n) is 19.4. The summed E-state index contributed by atoms with van der Waals surface area (Å²) in [6, 6.07) is 42.0. The average Bonchev–Trinajstić information content (AvgIpc) is 3.94. The van der Waals surface area contributed by atoms with Gasteiger partial charge in [-0.25, -0.2) is 12.7 Å². The standard InChI is InChI=1S/C27H23N3O4S3.C18H19N3O/c1-17-12-14-18(15-13-17)26-16-27-25(32)28(2)23(35-36-27)22(31)29(27)24(26)30(21-11-7-6-10-20(21)26)37(33,34)19-8-4-3-5-9-19;1-15-8-10-16(11-9-15)18-14-21(20-19-18)12-5-13-22-17-6-3-2-4-7-17/h3-15,23-24H,16H2,1-2H3;2-4,6-11,14H,5,12-13H2,1H3/t23-,24-,26-,27-;/m0./s1. The maximum Gasteiger partial charge on any atom is 0.266 e. The zero-order valence-corrected chi connectivity index (χ0v) is 35.2. The highest BCUT2D eigenvalue weighted by molar-refractivity contribution is 8.78. The van der Waals surface area contributed by atoms with Crippen molar-refractivity contribution in [3.8, 4) is 17.0 Å². The van der Waals surface area contributed by atoms with Crippen molar-refractivity contribution < 1.29 is 22.7 Å². The first-order chi connectivity index (χ1) is 28.5. The Morgan fingerprint density at radius 1 is 0.814 bits per heavy atom. The fourth-order valence-corrected chi connectivity index (χ4v) is 13.7. The number of anilines is 1. The second-order valence-electron chi connectivity index (χ2n) is 15.2. The third-order valence-corrected chi connectivity index (χ3v) is 16.5. The van der Waals surface area contributed by atoms with E-state index in [1.807, 2.05) is 90.6 Å². The number of hydrogen-bond donors (Lipinski definition) is 0. The van der Waals surface area contributed by atoms with Crippen LogP contribution in [0.1, 0.15) is 35.1 Å². The molecule has 11 rings (SSSR count). The fraction of sp³-hybridized carbons (Fsp3) is 0.244. The van der Waals surface area contributed by atoms with Gasteiger partial charge in [-0.15, -0.1) is 5.10 Å². The smallest absolute Gasteiger partial charge is 0.266 e. The number of likely N-dealkylation sites (N-methyl/N-ethyl adjacent to an activating group) is 1. The zero-order chi connectivity index (χ0) is 40.9. The molecule has 2 amide bonds. The van der Waals surface area contributed by atoms with E-state index in [1.54, 1.807) is 48.3 Å². The van der Waals surface area contributed by atoms with E-state index in [-0.39, 0.29) is 23.1 Å². The molecule has 1 spiro atoms. The highest BCUT2D eigenvalue weighted by atomic mass is 33.1. The Kier molecular flexibility index (Phi) is 10.0. The van der Waals surface area contributed by atoms with Crippen molar-refractivity contribution in [2.75, 3.05) is 18.0 Å². The van der Waals surface area contributed by atoms with Crippen molar-refractivity contribution >= 4 is 49.1 Å². The molecule has 4 saturated heterocycles. The first-order valence-corrected chi connectivity index (χ1v) is 23.1. The SMILES string of the molecule is Cc1ccc(-c2cn(CCCOc3ccccc3)nn2)cc1.Cc1ccc([C@]23C[C@@]45SS[C@@H](C(=O)N4[C@H]2N(S(=O)(=O)c2ccccc2)c2ccccc23)N(C)C5=O)cc1. The molecule has 0 N–H and O–H groups in total. The van der Waals surface area contributed by atoms with Gasteiger partial charge >= 0.3 is 0 Å². The lowest BCUT2D eigenvalue weighted by Gasteiger charge is -2.53. The topological polar surface area (TPSA) is 118 Å². The number of amides is 2. The monoisotopic (exact) mass is 842 g/mol. The Hall–Kier alpha value is -5.57. The number of fused-ring (bicyclic) bond motifs is 5. The Morgan fingerprint density at radius 3 is 2.17 bits per heavy atom. The van der Waals surface area contributed by atoms with Gasteiger partial charge in [-0.3, -0.25) is 19.2 Å². The molecule has 59 heavy (non-hydrogen) atoms. The van der Waals surface area contributed by atoms with Gasteiger partial charge in [0.15, 0.2) is 10.2 Å². The van der Waals surface area contributed by atoms with Gasteiger partial charge in [-0.05, 0) is 55.3 Å². The van der Waals surface area contributed by atoms with Crippen molar-refractivity contribution in [2.45, 2.75) is 60.0 Å². The van der Waals surface area contributed by atoms with Gasteiger partial charge in [0, 0.05) is 32.0 Å². The number of aryl methyl sites for hydroxylation is 3. The molecule has 2 bridgehead atoms. The summed E-state index contributed by atoms with van der Waals surface area (Å²) in [6.45, 7) is 5.54. The molecule has 5 aliphatic rings. The van der Waals surface area contributed by atoms with Gasteiger partial charge in [-0.1, -0.05) is 141 Å². The third kappa shape index (κ3) is 6.48. The second-order valence-corrected chi connectivity index (χ2v) is 19.6. The van der Waals surface area contributed by atoms with Crippen LogP contribution in [0.5, 0.6) is 5.75 Å². The predicted octanol–water partition coefficient (Wildman–Crippen LogP) is 7.66. The number of aromatic nitrogens is 3. The van der Waals surface area contributed by atoms with E-state index >= 15 is 0 Å². The number of carbonyl (C=O) groups is 2. The molecule has 6 heterocycles. The molecule has 1 aromatic heterocycles. The normalized spacial score (nSPS) is 22.7. The molecule has 300 valence electrons. The van der Waals surface area contributed by atoms with Crippen LogP contribution in [0.2, 0.25) is 0 Å². The maximum atomic E-state index is 14.4. The van der Waals surface area contributed by atoms with Gasteiger partial charge in [0.2, 0.25) is 0 Å². The molecule has 14 heteroatoms. The lowest BCUT2D eigenvalue weighted by Crippen LogP contribution is -2.72. The number of carbonyl (C=O) groups excluding carboxylic acids is 2. The summed E-state index contributed by atoms with van der Waals surface area (Å²) >= 11 is 0. The van der Waals surface area contributed by atoms with E-state index in [1.165, 1.54) is 36.4 Å². The van der Waals surface area contributed by atoms with Crippen LogP contribution < -0.4 is 9.04 Å². The Bertz CT molecular complexity index is 2630. The predicted molar refractivity (Wildman–Crippen MR) is 231 cm³/mol. The molecule has 11 nitrogen and oxygen atoms in total. The lowest BCUT2D eigenvalue weighted by atomic mass is 9.72. The number of piperazine rings is 1. The van der Waals surface area contributed by atoms with Crippen LogP contribution in [0, 0.1) is 13.8 Å². The van der Waals surface area contributed by atoms with Gasteiger partial charge in [0.1, 0.15) is 17.6 Å². The van der Waals surface area contributed by atoms with Crippen molar-refractivity contribution in [3.05, 3.63) is 162 Å². The number of ether oxygens (including phenoxy) is 1. The quantitative estimate of drug-likeness (QED) is 0.107. The van der Waals surface area contributed by atoms with Gasteiger partial charge in [0.05, 0.1) is 28.8 Å². The van der Waals surface area contributed by atoms with Crippen LogP contribution in [-0.4, -0.2) is 75.1 Å². The van der Waals surface area contributed by atoms with Crippen LogP contribution in [-0.2, 0) is 31.6 Å². The summed E-state index contributed by atoms with van der Waals surface area (Å²) in [5, 5.41) is 7.70. The minimum absolute atomic E-state index is 0.144. The van der Waals surface area contributed by atoms with E-state index < -0.39 is 31.8 Å². The minimum Gasteiger partial charge on any atom is -0.494 e. The molecule has 5 aliphatic heterocycles. The summed E-state index contributed by atoms with van der Waals surface area (Å²) in [6.07, 6.45) is 2.24. The van der Waals surface area contributed by atoms with E-state index in [0.29, 0.717) is 12.3 Å². The van der Waals surface area contributed by atoms with Crippen molar-refractivity contribution in [1.82, 2.24) is 24.8 Å². The number of para-hydroxylation sites is 2. The zero-order valence-electron chi connectivity index (χ0n) is 32.7. The molecule has 6 aromatic rings. The molecule has 0 unspecified atom stereocenters. The van der Waals surface area contributed by atoms with Crippen LogP contribution in [0.3, 0.4) is 0 Å². The molecule has 4 fully saturated rings. The first kappa shape index (κ1) is 38.9. The molecule has 5 aromatic carbocycles. The Labute approximate surface area is 351 Å². The summed E-state index contributed by atoms with van der Waals surface area (Å²) < 4.78 is 37.7. The van der Waals surface area contributed by atoms with Crippen molar-refractivity contribution in [1.29, 1.82) is 0 Å². The van der Waals surface area contributed by atoms with Gasteiger partial charge in [0.25, 0.3) is 21.8 Å². The summed E-state index contributed by atoms with van der Waals surface area (Å²) in [5.74, 6) is 0.517. The molecular weight excluding hydrogens is 801 g/mol. The molecule has 0 saturated carbocycles. The third-order valence-electron chi connectivity index (χ3n) is 11.5. The Balaban J connectivity index is 0.000000174.